The van der Waals surface area contributed by atoms with Gasteiger partial charge in [0, 0.05) is 48.0 Å². The summed E-state index contributed by atoms with van der Waals surface area (Å²) in [6, 6.07) is 18.5. The second-order valence-corrected chi connectivity index (χ2v) is 11.1. The third-order valence-corrected chi connectivity index (χ3v) is 8.24. The molecule has 0 radical (unpaired) electrons. The maximum atomic E-state index is 13.3. The first-order chi connectivity index (χ1) is 19.3. The van der Waals surface area contributed by atoms with Gasteiger partial charge in [-0.1, -0.05) is 24.3 Å². The highest BCUT2D eigenvalue weighted by molar-refractivity contribution is 7.93. The summed E-state index contributed by atoms with van der Waals surface area (Å²) in [4.78, 5) is 21.4. The zero-order valence-electron chi connectivity index (χ0n) is 22.2. The number of amides is 1. The Balaban J connectivity index is 1.26. The minimum Gasteiger partial charge on any atom is -0.504 e. The number of para-hydroxylation sites is 1. The van der Waals surface area contributed by atoms with Crippen LogP contribution in [-0.4, -0.2) is 68.2 Å². The summed E-state index contributed by atoms with van der Waals surface area (Å²) in [7, 11) is -0.914. The lowest BCUT2D eigenvalue weighted by molar-refractivity contribution is 0.0478. The zero-order chi connectivity index (χ0) is 28.3. The number of rotatable bonds is 8. The molecule has 0 saturated carbocycles. The topological polar surface area (TPSA) is 121 Å². The number of hydrogen-bond acceptors (Lipinski definition) is 8. The minimum atomic E-state index is -3.90. The molecule has 1 amide bonds. The van der Waals surface area contributed by atoms with E-state index in [0.717, 1.165) is 18.4 Å². The fourth-order valence-corrected chi connectivity index (χ4v) is 6.09. The quantitative estimate of drug-likeness (QED) is 0.330. The number of anilines is 1. The highest BCUT2D eigenvalue weighted by Gasteiger charge is 2.25. The van der Waals surface area contributed by atoms with Crippen LogP contribution in [-0.2, 0) is 16.6 Å². The summed E-state index contributed by atoms with van der Waals surface area (Å²) in [6.07, 6.45) is 2.33. The Morgan fingerprint density at radius 3 is 2.52 bits per heavy atom. The van der Waals surface area contributed by atoms with E-state index < -0.39 is 10.0 Å². The number of phenols is 1. The number of pyridine rings is 1. The van der Waals surface area contributed by atoms with Gasteiger partial charge >= 0.3 is 0 Å². The summed E-state index contributed by atoms with van der Waals surface area (Å²) < 4.78 is 39.3. The normalized spacial score (nSPS) is 14.2. The predicted molar refractivity (Wildman–Crippen MR) is 151 cm³/mol. The molecular weight excluding hydrogens is 532 g/mol. The van der Waals surface area contributed by atoms with Gasteiger partial charge < -0.3 is 19.5 Å². The van der Waals surface area contributed by atoms with Crippen molar-refractivity contribution in [2.45, 2.75) is 17.9 Å². The average molecular weight is 563 g/mol. The molecule has 10 nitrogen and oxygen atoms in total. The number of nitrogens with zero attached hydrogens (tertiary/aromatic N) is 3. The Morgan fingerprint density at radius 2 is 1.77 bits per heavy atom. The predicted octanol–water partition coefficient (Wildman–Crippen LogP) is 4.06. The highest BCUT2D eigenvalue weighted by atomic mass is 32.2. The van der Waals surface area contributed by atoms with Crippen LogP contribution in [0.25, 0.3) is 10.9 Å². The molecule has 0 atom stereocenters. The average Bonchev–Trinajstić information content (AvgIpc) is 2.97. The van der Waals surface area contributed by atoms with E-state index >= 15 is 0 Å². The van der Waals surface area contributed by atoms with Crippen LogP contribution in [0.1, 0.15) is 22.3 Å². The van der Waals surface area contributed by atoms with Crippen molar-refractivity contribution in [1.82, 2.24) is 14.8 Å². The van der Waals surface area contributed by atoms with E-state index in [1.165, 1.54) is 20.3 Å². The van der Waals surface area contributed by atoms with Gasteiger partial charge in [-0.3, -0.25) is 19.4 Å². The molecule has 1 aliphatic rings. The van der Waals surface area contributed by atoms with Crippen LogP contribution in [0.5, 0.6) is 17.2 Å². The number of carbonyl (C=O) groups is 1. The van der Waals surface area contributed by atoms with Crippen molar-refractivity contribution >= 4 is 32.5 Å². The van der Waals surface area contributed by atoms with Crippen molar-refractivity contribution in [3.05, 3.63) is 84.1 Å². The van der Waals surface area contributed by atoms with E-state index in [2.05, 4.69) is 14.6 Å². The molecule has 0 spiro atoms. The van der Waals surface area contributed by atoms with Crippen molar-refractivity contribution in [2.24, 2.45) is 0 Å². The smallest absolute Gasteiger partial charge is 0.264 e. The third-order valence-electron chi connectivity index (χ3n) is 6.83. The summed E-state index contributed by atoms with van der Waals surface area (Å²) >= 11 is 0. The minimum absolute atomic E-state index is 0.0163. The molecule has 40 heavy (non-hydrogen) atoms. The fraction of sp³-hybridized carbons (Fsp3) is 0.241. The summed E-state index contributed by atoms with van der Waals surface area (Å²) in [5.74, 6) is 0.576. The third kappa shape index (κ3) is 5.51. The lowest BCUT2D eigenvalue weighted by atomic mass is 10.1. The number of aromatic nitrogens is 1. The molecule has 5 rings (SSSR count). The standard InChI is InChI=1S/C29H30N4O6S/c1-38-24-14-11-22(27(34)28(24)39-2)18-32-16-5-17-33(19-32)29(35)21-9-12-23(13-10-21)31-40(36,37)25-8-3-6-20-7-4-15-30-26(20)25/h3-4,6-15,31,34H,5,16-19H2,1-2H3. The number of carbonyl (C=O) groups excluding carboxylic acids is 1. The molecule has 208 valence electrons. The molecule has 0 unspecified atom stereocenters. The number of aromatic hydroxyl groups is 1. The maximum absolute atomic E-state index is 13.3. The van der Waals surface area contributed by atoms with Crippen LogP contribution in [0.3, 0.4) is 0 Å². The van der Waals surface area contributed by atoms with E-state index in [9.17, 15) is 18.3 Å². The van der Waals surface area contributed by atoms with Gasteiger partial charge in [-0.2, -0.15) is 0 Å². The number of phenolic OH excluding ortho intramolecular Hbond substituents is 1. The van der Waals surface area contributed by atoms with Crippen molar-refractivity contribution in [2.75, 3.05) is 38.7 Å². The molecule has 1 fully saturated rings. The van der Waals surface area contributed by atoms with Crippen LogP contribution < -0.4 is 14.2 Å². The van der Waals surface area contributed by atoms with E-state index in [1.54, 1.807) is 71.8 Å². The first kappa shape index (κ1) is 27.2. The first-order valence-corrected chi connectivity index (χ1v) is 14.2. The first-order valence-electron chi connectivity index (χ1n) is 12.7. The zero-order valence-corrected chi connectivity index (χ0v) is 23.0. The number of methoxy groups -OCH3 is 2. The van der Waals surface area contributed by atoms with Crippen molar-refractivity contribution in [3.63, 3.8) is 0 Å². The number of benzene rings is 3. The van der Waals surface area contributed by atoms with E-state index in [4.69, 9.17) is 9.47 Å². The van der Waals surface area contributed by atoms with Crippen molar-refractivity contribution in [3.8, 4) is 17.2 Å². The number of ether oxygens (including phenoxy) is 2. The van der Waals surface area contributed by atoms with Crippen LogP contribution >= 0.6 is 0 Å². The molecular formula is C29H30N4O6S. The fourth-order valence-electron chi connectivity index (χ4n) is 4.85. The molecule has 2 heterocycles. The molecule has 0 bridgehead atoms. The molecule has 1 saturated heterocycles. The number of nitrogens with one attached hydrogen (secondary N) is 1. The van der Waals surface area contributed by atoms with Gasteiger partial charge in [0.2, 0.25) is 5.75 Å². The summed E-state index contributed by atoms with van der Waals surface area (Å²) in [6.45, 7) is 2.17. The lowest BCUT2D eigenvalue weighted by Crippen LogP contribution is -2.47. The van der Waals surface area contributed by atoms with Gasteiger partial charge in [0.1, 0.15) is 4.90 Å². The SMILES string of the molecule is COc1ccc(CN2CCCN(C(=O)c3ccc(NS(=O)(=O)c4cccc5cccnc45)cc3)C2)c(O)c1OC. The van der Waals surface area contributed by atoms with Crippen LogP contribution in [0.15, 0.2) is 77.8 Å². The largest absolute Gasteiger partial charge is 0.504 e. The van der Waals surface area contributed by atoms with Crippen LogP contribution in [0.2, 0.25) is 0 Å². The Bertz CT molecular complexity index is 1640. The van der Waals surface area contributed by atoms with Gasteiger partial charge in [0.15, 0.2) is 11.5 Å². The van der Waals surface area contributed by atoms with Gasteiger partial charge in [0.25, 0.3) is 15.9 Å². The Hall–Kier alpha value is -4.35. The van der Waals surface area contributed by atoms with E-state index in [-0.39, 0.29) is 22.3 Å². The van der Waals surface area contributed by atoms with Gasteiger partial charge in [-0.25, -0.2) is 8.42 Å². The second kappa shape index (κ2) is 11.4. The van der Waals surface area contributed by atoms with Crippen molar-refractivity contribution < 1.29 is 27.8 Å². The van der Waals surface area contributed by atoms with E-state index in [0.29, 0.717) is 47.8 Å². The summed E-state index contributed by atoms with van der Waals surface area (Å²) in [5, 5.41) is 11.4. The maximum Gasteiger partial charge on any atom is 0.264 e. The van der Waals surface area contributed by atoms with Gasteiger partial charge in [-0.15, -0.1) is 0 Å². The number of fused-ring (bicyclic) bond motifs is 1. The monoisotopic (exact) mass is 562 g/mol. The van der Waals surface area contributed by atoms with Gasteiger partial charge in [0.05, 0.1) is 26.4 Å². The molecule has 2 N–H and O–H groups in total. The Kier molecular flexibility index (Phi) is 7.76. The van der Waals surface area contributed by atoms with Gasteiger partial charge in [-0.05, 0) is 48.9 Å². The van der Waals surface area contributed by atoms with E-state index in [1.807, 2.05) is 0 Å². The molecule has 11 heteroatoms. The highest BCUT2D eigenvalue weighted by Crippen LogP contribution is 2.39. The summed E-state index contributed by atoms with van der Waals surface area (Å²) in [5.41, 5.74) is 1.85. The molecule has 0 aliphatic carbocycles. The molecule has 3 aromatic carbocycles. The Morgan fingerprint density at radius 1 is 1.00 bits per heavy atom. The van der Waals surface area contributed by atoms with Crippen LogP contribution in [0.4, 0.5) is 5.69 Å². The van der Waals surface area contributed by atoms with Crippen LogP contribution in [0, 0.1) is 0 Å². The second-order valence-electron chi connectivity index (χ2n) is 9.44. The van der Waals surface area contributed by atoms with Crippen molar-refractivity contribution in [1.29, 1.82) is 0 Å². The number of hydrogen-bond donors (Lipinski definition) is 2. The molecule has 1 aliphatic heterocycles. The molecule has 1 aromatic heterocycles. The Labute approximate surface area is 232 Å². The number of sulfonamides is 1. The lowest BCUT2D eigenvalue weighted by Gasteiger charge is -2.36. The molecule has 4 aromatic rings.